The molecule has 7 heteroatoms. The highest BCUT2D eigenvalue weighted by Gasteiger charge is 2.10. The third-order valence-corrected chi connectivity index (χ3v) is 3.33. The van der Waals surface area contributed by atoms with E-state index in [-0.39, 0.29) is 16.8 Å². The molecule has 2 rings (SSSR count). The summed E-state index contributed by atoms with van der Waals surface area (Å²) in [6.45, 7) is 2.19. The van der Waals surface area contributed by atoms with Crippen LogP contribution in [0.2, 0.25) is 0 Å². The minimum absolute atomic E-state index is 0.103. The molecule has 2 aromatic rings. The molecule has 0 radical (unpaired) electrons. The maximum absolute atomic E-state index is 13.6. The Kier molecular flexibility index (Phi) is 6.31. The van der Waals surface area contributed by atoms with Crippen LogP contribution in [-0.4, -0.2) is 24.9 Å². The molecule has 0 unspecified atom stereocenters. The van der Waals surface area contributed by atoms with Crippen molar-refractivity contribution in [1.29, 1.82) is 0 Å². The second-order valence-corrected chi connectivity index (χ2v) is 5.49. The molecule has 0 amide bonds. The number of anilines is 1. The quantitative estimate of drug-likeness (QED) is 0.776. The van der Waals surface area contributed by atoms with Gasteiger partial charge in [-0.2, -0.15) is 0 Å². The van der Waals surface area contributed by atoms with Gasteiger partial charge in [0, 0.05) is 6.07 Å². The normalized spacial score (nSPS) is 11.5. The van der Waals surface area contributed by atoms with Crippen LogP contribution >= 0.6 is 12.2 Å². The molecule has 0 bridgehead atoms. The van der Waals surface area contributed by atoms with E-state index in [1.165, 1.54) is 6.07 Å². The maximum Gasteiger partial charge on any atom is 0.171 e. The summed E-state index contributed by atoms with van der Waals surface area (Å²) >= 11 is 5.12. The number of para-hydroxylation sites is 2. The molecule has 0 aliphatic heterocycles. The van der Waals surface area contributed by atoms with Gasteiger partial charge < -0.3 is 20.1 Å². The summed E-state index contributed by atoms with van der Waals surface area (Å²) in [4.78, 5) is 0. The molecule has 128 valence electrons. The number of hydrogen-bond donors (Lipinski definition) is 2. The largest absolute Gasteiger partial charge is 0.493 e. The first kappa shape index (κ1) is 17.9. The second-order valence-electron chi connectivity index (χ2n) is 5.09. The summed E-state index contributed by atoms with van der Waals surface area (Å²) in [6, 6.07) is 10.4. The molecule has 0 aromatic heterocycles. The molecule has 0 spiro atoms. The lowest BCUT2D eigenvalue weighted by Gasteiger charge is -2.18. The van der Waals surface area contributed by atoms with Crippen molar-refractivity contribution in [3.63, 3.8) is 0 Å². The average Bonchev–Trinajstić information content (AvgIpc) is 2.55. The van der Waals surface area contributed by atoms with Crippen LogP contribution in [0.5, 0.6) is 11.5 Å². The smallest absolute Gasteiger partial charge is 0.171 e. The fraction of sp³-hybridized carbons (Fsp3) is 0.235. The van der Waals surface area contributed by atoms with Gasteiger partial charge in [-0.3, -0.25) is 0 Å². The van der Waals surface area contributed by atoms with Crippen LogP contribution in [0.3, 0.4) is 0 Å². The Morgan fingerprint density at radius 1 is 1.17 bits per heavy atom. The molecular weight excluding hydrogens is 334 g/mol. The molecule has 0 aliphatic rings. The third kappa shape index (κ3) is 5.06. The average molecular weight is 352 g/mol. The van der Waals surface area contributed by atoms with Gasteiger partial charge in [0.05, 0.1) is 18.8 Å². The zero-order chi connectivity index (χ0) is 17.5. The van der Waals surface area contributed by atoms with E-state index >= 15 is 0 Å². The molecule has 0 aliphatic carbocycles. The van der Waals surface area contributed by atoms with Gasteiger partial charge in [0.2, 0.25) is 0 Å². The Hall–Kier alpha value is -2.41. The molecule has 0 fully saturated rings. The highest BCUT2D eigenvalue weighted by molar-refractivity contribution is 7.80. The van der Waals surface area contributed by atoms with Gasteiger partial charge in [-0.05, 0) is 43.4 Å². The summed E-state index contributed by atoms with van der Waals surface area (Å²) < 4.78 is 37.3. The predicted molar refractivity (Wildman–Crippen MR) is 93.7 cm³/mol. The molecule has 2 aromatic carbocycles. The summed E-state index contributed by atoms with van der Waals surface area (Å²) in [6.07, 6.45) is 0. The topological polar surface area (TPSA) is 42.5 Å². The third-order valence-electron chi connectivity index (χ3n) is 3.11. The fourth-order valence-corrected chi connectivity index (χ4v) is 2.28. The van der Waals surface area contributed by atoms with Crippen molar-refractivity contribution in [2.24, 2.45) is 0 Å². The van der Waals surface area contributed by atoms with Gasteiger partial charge in [-0.1, -0.05) is 12.1 Å². The lowest BCUT2D eigenvalue weighted by molar-refractivity contribution is 0.270. The number of nitrogens with one attached hydrogen (secondary N) is 2. The van der Waals surface area contributed by atoms with Crippen LogP contribution in [0, 0.1) is 11.6 Å². The van der Waals surface area contributed by atoms with Gasteiger partial charge in [0.15, 0.2) is 16.6 Å². The summed E-state index contributed by atoms with van der Waals surface area (Å²) in [5.41, 5.74) is 0.103. The number of benzene rings is 2. The number of hydrogen-bond acceptors (Lipinski definition) is 3. The van der Waals surface area contributed by atoms with Gasteiger partial charge in [0.25, 0.3) is 0 Å². The Balaban J connectivity index is 1.85. The first-order chi connectivity index (χ1) is 11.5. The molecule has 0 heterocycles. The first-order valence-corrected chi connectivity index (χ1v) is 7.69. The van der Waals surface area contributed by atoms with Crippen molar-refractivity contribution in [3.05, 3.63) is 54.1 Å². The molecular formula is C17H18F2N2O2S. The van der Waals surface area contributed by atoms with Crippen LogP contribution in [0.4, 0.5) is 14.5 Å². The van der Waals surface area contributed by atoms with Crippen LogP contribution in [0.25, 0.3) is 0 Å². The SMILES string of the molecule is COc1ccccc1OC[C@H](C)NC(=S)Nc1ccc(F)cc1F. The van der Waals surface area contributed by atoms with E-state index in [4.69, 9.17) is 21.7 Å². The van der Waals surface area contributed by atoms with Crippen LogP contribution in [0.1, 0.15) is 6.92 Å². The monoisotopic (exact) mass is 352 g/mol. The van der Waals surface area contributed by atoms with Gasteiger partial charge in [0.1, 0.15) is 18.2 Å². The zero-order valence-corrected chi connectivity index (χ0v) is 14.1. The van der Waals surface area contributed by atoms with E-state index in [1.807, 2.05) is 19.1 Å². The van der Waals surface area contributed by atoms with Gasteiger partial charge >= 0.3 is 0 Å². The number of ether oxygens (including phenoxy) is 2. The number of methoxy groups -OCH3 is 1. The van der Waals surface area contributed by atoms with Crippen molar-refractivity contribution in [1.82, 2.24) is 5.32 Å². The van der Waals surface area contributed by atoms with Crippen LogP contribution in [-0.2, 0) is 0 Å². The van der Waals surface area contributed by atoms with Crippen molar-refractivity contribution in [3.8, 4) is 11.5 Å². The van der Waals surface area contributed by atoms with E-state index in [0.717, 1.165) is 12.1 Å². The minimum Gasteiger partial charge on any atom is -0.493 e. The molecule has 4 nitrogen and oxygen atoms in total. The summed E-state index contributed by atoms with van der Waals surface area (Å²) in [5.74, 6) is -0.0940. The van der Waals surface area contributed by atoms with Crippen molar-refractivity contribution >= 4 is 23.0 Å². The van der Waals surface area contributed by atoms with Crippen molar-refractivity contribution < 1.29 is 18.3 Å². The van der Waals surface area contributed by atoms with Crippen molar-refractivity contribution in [2.45, 2.75) is 13.0 Å². The van der Waals surface area contributed by atoms with Crippen LogP contribution < -0.4 is 20.1 Å². The summed E-state index contributed by atoms with van der Waals surface area (Å²) in [7, 11) is 1.57. The maximum atomic E-state index is 13.6. The fourth-order valence-electron chi connectivity index (χ4n) is 1.97. The second kappa shape index (κ2) is 8.44. The lowest BCUT2D eigenvalue weighted by Crippen LogP contribution is -2.39. The molecule has 24 heavy (non-hydrogen) atoms. The van der Waals surface area contributed by atoms with E-state index < -0.39 is 11.6 Å². The Morgan fingerprint density at radius 3 is 2.54 bits per heavy atom. The highest BCUT2D eigenvalue weighted by atomic mass is 32.1. The first-order valence-electron chi connectivity index (χ1n) is 7.28. The minimum atomic E-state index is -0.711. The number of thiocarbonyl (C=S) groups is 1. The lowest BCUT2D eigenvalue weighted by atomic mass is 10.3. The molecule has 1 atom stereocenters. The standard InChI is InChI=1S/C17H18F2N2O2S/c1-11(10-23-16-6-4-3-5-15(16)22-2)20-17(24)21-14-8-7-12(18)9-13(14)19/h3-9,11H,10H2,1-2H3,(H2,20,21,24)/t11-/m0/s1. The molecule has 0 saturated heterocycles. The number of rotatable bonds is 6. The van der Waals surface area contributed by atoms with Gasteiger partial charge in [-0.15, -0.1) is 0 Å². The zero-order valence-electron chi connectivity index (χ0n) is 13.3. The Bertz CT molecular complexity index is 713. The van der Waals surface area contributed by atoms with Crippen molar-refractivity contribution in [2.75, 3.05) is 19.0 Å². The molecule has 2 N–H and O–H groups in total. The highest BCUT2D eigenvalue weighted by Crippen LogP contribution is 2.25. The number of halogens is 2. The van der Waals surface area contributed by atoms with E-state index in [2.05, 4.69) is 10.6 Å². The summed E-state index contributed by atoms with van der Waals surface area (Å²) in [5, 5.41) is 5.88. The Morgan fingerprint density at radius 2 is 1.88 bits per heavy atom. The van der Waals surface area contributed by atoms with E-state index in [9.17, 15) is 8.78 Å². The van der Waals surface area contributed by atoms with Crippen LogP contribution in [0.15, 0.2) is 42.5 Å². The van der Waals surface area contributed by atoms with Gasteiger partial charge in [-0.25, -0.2) is 8.78 Å². The predicted octanol–water partition coefficient (Wildman–Crippen LogP) is 3.73. The molecule has 0 saturated carbocycles. The van der Waals surface area contributed by atoms with E-state index in [1.54, 1.807) is 19.2 Å². The van der Waals surface area contributed by atoms with E-state index in [0.29, 0.717) is 18.1 Å². The Labute approximate surface area is 144 Å².